The Morgan fingerprint density at radius 3 is 2.69 bits per heavy atom. The Hall–Kier alpha value is -0.0800. The van der Waals surface area contributed by atoms with Crippen molar-refractivity contribution in [3.05, 3.63) is 6.92 Å². The van der Waals surface area contributed by atoms with Crippen LogP contribution in [0, 0.1) is 12.8 Å². The van der Waals surface area contributed by atoms with E-state index in [9.17, 15) is 0 Å². The second-order valence-corrected chi connectivity index (χ2v) is 3.94. The average molecular weight is 183 g/mol. The first-order valence-electron chi connectivity index (χ1n) is 5.56. The molecule has 1 unspecified atom stereocenters. The number of piperazine rings is 1. The molecule has 1 fully saturated rings. The fourth-order valence-electron chi connectivity index (χ4n) is 2.22. The van der Waals surface area contributed by atoms with Crippen LogP contribution in [-0.4, -0.2) is 37.1 Å². The first-order chi connectivity index (χ1) is 6.31. The van der Waals surface area contributed by atoms with Crippen molar-refractivity contribution < 1.29 is 0 Å². The van der Waals surface area contributed by atoms with Crippen LogP contribution in [0.3, 0.4) is 0 Å². The van der Waals surface area contributed by atoms with Crippen molar-refractivity contribution in [2.45, 2.75) is 32.7 Å². The van der Waals surface area contributed by atoms with Gasteiger partial charge < -0.3 is 10.2 Å². The van der Waals surface area contributed by atoms with Gasteiger partial charge in [-0.15, -0.1) is 0 Å². The molecule has 1 N–H and O–H groups in total. The first kappa shape index (κ1) is 11.0. The van der Waals surface area contributed by atoms with Crippen molar-refractivity contribution in [2.24, 2.45) is 5.92 Å². The van der Waals surface area contributed by atoms with E-state index in [1.54, 1.807) is 0 Å². The molecule has 0 bridgehead atoms. The van der Waals surface area contributed by atoms with Crippen LogP contribution in [0.5, 0.6) is 0 Å². The smallest absolute Gasteiger partial charge is 0.0223 e. The Kier molecular flexibility index (Phi) is 4.74. The first-order valence-corrected chi connectivity index (χ1v) is 5.56. The third-order valence-electron chi connectivity index (χ3n) is 3.22. The molecular weight excluding hydrogens is 160 g/mol. The van der Waals surface area contributed by atoms with E-state index >= 15 is 0 Å². The van der Waals surface area contributed by atoms with Crippen molar-refractivity contribution in [1.29, 1.82) is 0 Å². The lowest BCUT2D eigenvalue weighted by molar-refractivity contribution is 0.173. The second-order valence-electron chi connectivity index (χ2n) is 3.94. The van der Waals surface area contributed by atoms with E-state index in [-0.39, 0.29) is 0 Å². The van der Waals surface area contributed by atoms with Gasteiger partial charge in [0, 0.05) is 25.7 Å². The third kappa shape index (κ3) is 2.96. The molecule has 1 rings (SSSR count). The molecule has 0 spiro atoms. The Balaban J connectivity index is 2.40. The predicted molar refractivity (Wildman–Crippen MR) is 57.7 cm³/mol. The molecule has 2 nitrogen and oxygen atoms in total. The summed E-state index contributed by atoms with van der Waals surface area (Å²) in [6.45, 7) is 13.0. The summed E-state index contributed by atoms with van der Waals surface area (Å²) in [7, 11) is 0. The molecule has 1 aliphatic heterocycles. The normalized spacial score (nSPS) is 25.4. The van der Waals surface area contributed by atoms with E-state index in [0.717, 1.165) is 19.0 Å². The molecule has 1 atom stereocenters. The molecule has 0 aromatic heterocycles. The van der Waals surface area contributed by atoms with Crippen LogP contribution in [0.25, 0.3) is 0 Å². The number of nitrogens with zero attached hydrogens (tertiary/aromatic N) is 1. The average Bonchev–Trinajstić information content (AvgIpc) is 2.20. The Morgan fingerprint density at radius 1 is 1.46 bits per heavy atom. The van der Waals surface area contributed by atoms with Crippen LogP contribution in [0.1, 0.15) is 26.7 Å². The zero-order valence-corrected chi connectivity index (χ0v) is 9.05. The molecule has 2 heteroatoms. The molecule has 0 aliphatic carbocycles. The molecule has 13 heavy (non-hydrogen) atoms. The van der Waals surface area contributed by atoms with Gasteiger partial charge in [0.1, 0.15) is 0 Å². The summed E-state index contributed by atoms with van der Waals surface area (Å²) >= 11 is 0. The molecule has 0 aromatic carbocycles. The van der Waals surface area contributed by atoms with Crippen LogP contribution in [0.15, 0.2) is 0 Å². The van der Waals surface area contributed by atoms with Crippen molar-refractivity contribution in [1.82, 2.24) is 10.2 Å². The zero-order valence-electron chi connectivity index (χ0n) is 9.05. The largest absolute Gasteiger partial charge is 0.311 e. The van der Waals surface area contributed by atoms with Gasteiger partial charge in [-0.2, -0.15) is 0 Å². The number of rotatable bonds is 4. The van der Waals surface area contributed by atoms with Crippen LogP contribution in [0.4, 0.5) is 0 Å². The lowest BCUT2D eigenvalue weighted by Gasteiger charge is -2.36. The second kappa shape index (κ2) is 5.61. The minimum absolute atomic E-state index is 0.700. The molecule has 1 radical (unpaired) electrons. The van der Waals surface area contributed by atoms with Crippen LogP contribution in [-0.2, 0) is 0 Å². The molecule has 1 heterocycles. The molecule has 0 aromatic rings. The quantitative estimate of drug-likeness (QED) is 0.711. The molecule has 77 valence electrons. The highest BCUT2D eigenvalue weighted by molar-refractivity contribution is 4.83. The summed E-state index contributed by atoms with van der Waals surface area (Å²) in [5, 5.41) is 3.62. The monoisotopic (exact) mass is 183 g/mol. The number of hydrogen-bond acceptors (Lipinski definition) is 2. The molecule has 1 aliphatic rings. The lowest BCUT2D eigenvalue weighted by atomic mass is 9.92. The van der Waals surface area contributed by atoms with Gasteiger partial charge in [0.15, 0.2) is 0 Å². The maximum absolute atomic E-state index is 3.95. The summed E-state index contributed by atoms with van der Waals surface area (Å²) in [6, 6.07) is 0.700. The minimum Gasteiger partial charge on any atom is -0.311 e. The van der Waals surface area contributed by atoms with Gasteiger partial charge in [0.25, 0.3) is 0 Å². The van der Waals surface area contributed by atoms with Crippen molar-refractivity contribution >= 4 is 0 Å². The molecule has 0 saturated carbocycles. The van der Waals surface area contributed by atoms with Gasteiger partial charge in [-0.3, -0.25) is 0 Å². The maximum Gasteiger partial charge on any atom is 0.0223 e. The van der Waals surface area contributed by atoms with E-state index in [0.29, 0.717) is 6.04 Å². The van der Waals surface area contributed by atoms with E-state index in [1.807, 2.05) is 0 Å². The van der Waals surface area contributed by atoms with E-state index in [1.165, 1.54) is 25.9 Å². The SMILES string of the molecule is [CH2]CN1CCNC(C(CC)CC)C1. The number of hydrogen-bond donors (Lipinski definition) is 1. The Bertz CT molecular complexity index is 132. The minimum atomic E-state index is 0.700. The van der Waals surface area contributed by atoms with Crippen molar-refractivity contribution in [2.75, 3.05) is 26.2 Å². The maximum atomic E-state index is 3.95. The standard InChI is InChI=1S/C11H23N2/c1-4-10(5-2)11-9-13(6-3)8-7-12-11/h10-12H,3-9H2,1-2H3. The molecule has 0 amide bonds. The van der Waals surface area contributed by atoms with Gasteiger partial charge in [0.05, 0.1) is 0 Å². The highest BCUT2D eigenvalue weighted by Gasteiger charge is 2.23. The summed E-state index contributed by atoms with van der Waals surface area (Å²) in [6.07, 6.45) is 2.58. The summed E-state index contributed by atoms with van der Waals surface area (Å²) in [5.41, 5.74) is 0. The van der Waals surface area contributed by atoms with Crippen molar-refractivity contribution in [3.63, 3.8) is 0 Å². The van der Waals surface area contributed by atoms with E-state index in [4.69, 9.17) is 0 Å². The molecular formula is C11H23N2. The fourth-order valence-corrected chi connectivity index (χ4v) is 2.22. The zero-order chi connectivity index (χ0) is 9.68. The van der Waals surface area contributed by atoms with Crippen molar-refractivity contribution in [3.8, 4) is 0 Å². The van der Waals surface area contributed by atoms with E-state index in [2.05, 4.69) is 31.0 Å². The summed E-state index contributed by atoms with van der Waals surface area (Å²) in [4.78, 5) is 2.44. The third-order valence-corrected chi connectivity index (χ3v) is 3.22. The lowest BCUT2D eigenvalue weighted by Crippen LogP contribution is -2.53. The topological polar surface area (TPSA) is 15.3 Å². The van der Waals surface area contributed by atoms with Gasteiger partial charge >= 0.3 is 0 Å². The predicted octanol–water partition coefficient (Wildman–Crippen LogP) is 1.53. The van der Waals surface area contributed by atoms with E-state index < -0.39 is 0 Å². The van der Waals surface area contributed by atoms with Gasteiger partial charge in [-0.1, -0.05) is 26.7 Å². The van der Waals surface area contributed by atoms with Crippen LogP contribution in [0.2, 0.25) is 0 Å². The summed E-state index contributed by atoms with van der Waals surface area (Å²) < 4.78 is 0. The van der Waals surface area contributed by atoms with Gasteiger partial charge in [0.2, 0.25) is 0 Å². The summed E-state index contributed by atoms with van der Waals surface area (Å²) in [5.74, 6) is 0.842. The number of nitrogens with one attached hydrogen (secondary N) is 1. The van der Waals surface area contributed by atoms with Gasteiger partial charge in [-0.05, 0) is 19.4 Å². The highest BCUT2D eigenvalue weighted by Crippen LogP contribution is 2.16. The van der Waals surface area contributed by atoms with Crippen LogP contribution >= 0.6 is 0 Å². The molecule has 1 saturated heterocycles. The highest BCUT2D eigenvalue weighted by atomic mass is 15.2. The fraction of sp³-hybridized carbons (Fsp3) is 0.909. The van der Waals surface area contributed by atoms with Crippen LogP contribution < -0.4 is 5.32 Å². The Morgan fingerprint density at radius 2 is 2.15 bits per heavy atom. The Labute approximate surface area is 82.7 Å². The van der Waals surface area contributed by atoms with Gasteiger partial charge in [-0.25, -0.2) is 0 Å².